The fraction of sp³-hybridized carbons (Fsp3) is 0.619. The predicted molar refractivity (Wildman–Crippen MR) is 112 cm³/mol. The van der Waals surface area contributed by atoms with Gasteiger partial charge in [-0.2, -0.15) is 0 Å². The van der Waals surface area contributed by atoms with Gasteiger partial charge in [0.05, 0.1) is 11.3 Å². The molecule has 0 saturated carbocycles. The van der Waals surface area contributed by atoms with Gasteiger partial charge in [0, 0.05) is 24.7 Å². The zero-order valence-corrected chi connectivity index (χ0v) is 18.9. The summed E-state index contributed by atoms with van der Waals surface area (Å²) in [5.41, 5.74) is 0. The number of piperidine rings is 1. The van der Waals surface area contributed by atoms with Crippen molar-refractivity contribution in [3.63, 3.8) is 0 Å². The summed E-state index contributed by atoms with van der Waals surface area (Å²) in [6.07, 6.45) is 1.83. The maximum absolute atomic E-state index is 12.7. The summed E-state index contributed by atoms with van der Waals surface area (Å²) in [7, 11) is -3.83. The van der Waals surface area contributed by atoms with Crippen molar-refractivity contribution in [2.75, 3.05) is 19.8 Å². The number of nitrogens with zero attached hydrogens (tertiary/aromatic N) is 1. The van der Waals surface area contributed by atoms with Crippen molar-refractivity contribution in [3.8, 4) is 11.5 Å². The molecule has 1 saturated heterocycles. The number of carbonyl (C=O) groups is 2. The molecule has 172 valence electrons. The normalized spacial score (nSPS) is 22.0. The fourth-order valence-corrected chi connectivity index (χ4v) is 4.98. The molecule has 2 aliphatic rings. The van der Waals surface area contributed by atoms with Crippen molar-refractivity contribution in [2.45, 2.75) is 69.5 Å². The minimum Gasteiger partial charge on any atom is -0.486 e. The topological polar surface area (TPSA) is 111 Å². The Bertz CT molecular complexity index is 908. The number of nitrogens with one attached hydrogen (secondary N) is 1. The number of ether oxygens (including phenoxy) is 3. The third-order valence-electron chi connectivity index (χ3n) is 5.55. The number of esters is 1. The maximum atomic E-state index is 12.7. The predicted octanol–water partition coefficient (Wildman–Crippen LogP) is 1.85. The molecule has 1 N–H and O–H groups in total. The Hall–Kier alpha value is -2.33. The second-order valence-corrected chi connectivity index (χ2v) is 9.73. The van der Waals surface area contributed by atoms with Crippen LogP contribution >= 0.6 is 0 Å². The number of amides is 1. The summed E-state index contributed by atoms with van der Waals surface area (Å²) < 4.78 is 43.4. The van der Waals surface area contributed by atoms with Crippen molar-refractivity contribution in [3.05, 3.63) is 18.2 Å². The van der Waals surface area contributed by atoms with Crippen LogP contribution in [0.15, 0.2) is 23.1 Å². The van der Waals surface area contributed by atoms with E-state index in [9.17, 15) is 18.0 Å². The van der Waals surface area contributed by atoms with Crippen molar-refractivity contribution >= 4 is 21.9 Å². The second-order valence-electron chi connectivity index (χ2n) is 7.96. The lowest BCUT2D eigenvalue weighted by Gasteiger charge is -2.40. The molecule has 1 fully saturated rings. The number of fused-ring (bicyclic) bond motifs is 1. The van der Waals surface area contributed by atoms with Gasteiger partial charge in [-0.05, 0) is 52.2 Å². The summed E-state index contributed by atoms with van der Waals surface area (Å²) in [6.45, 7) is 6.15. The van der Waals surface area contributed by atoms with Gasteiger partial charge in [0.1, 0.15) is 13.2 Å². The Morgan fingerprint density at radius 3 is 2.48 bits per heavy atom. The van der Waals surface area contributed by atoms with E-state index in [1.165, 1.54) is 18.2 Å². The summed E-state index contributed by atoms with van der Waals surface area (Å²) in [5.74, 6) is -0.000218. The number of hydrogen-bond acceptors (Lipinski definition) is 7. The molecule has 0 bridgehead atoms. The van der Waals surface area contributed by atoms with Gasteiger partial charge in [0.25, 0.3) is 5.91 Å². The van der Waals surface area contributed by atoms with Gasteiger partial charge in [-0.25, -0.2) is 13.1 Å². The molecule has 1 aromatic carbocycles. The van der Waals surface area contributed by atoms with Crippen LogP contribution in [-0.4, -0.2) is 63.1 Å². The molecular weight excluding hydrogens is 424 g/mol. The van der Waals surface area contributed by atoms with Gasteiger partial charge in [-0.15, -0.1) is 0 Å². The van der Waals surface area contributed by atoms with Crippen LogP contribution in [0.5, 0.6) is 11.5 Å². The highest BCUT2D eigenvalue weighted by atomic mass is 32.2. The molecule has 0 radical (unpaired) electrons. The van der Waals surface area contributed by atoms with E-state index in [1.807, 2.05) is 13.8 Å². The number of sulfonamides is 1. The summed E-state index contributed by atoms with van der Waals surface area (Å²) in [4.78, 5) is 26.7. The summed E-state index contributed by atoms with van der Waals surface area (Å²) in [5, 5.41) is 0. The Morgan fingerprint density at radius 1 is 1.16 bits per heavy atom. The first kappa shape index (κ1) is 23.3. The first-order valence-electron chi connectivity index (χ1n) is 10.6. The molecule has 3 atom stereocenters. The van der Waals surface area contributed by atoms with Crippen LogP contribution in [0.25, 0.3) is 0 Å². The van der Waals surface area contributed by atoms with Gasteiger partial charge in [-0.3, -0.25) is 9.59 Å². The van der Waals surface area contributed by atoms with Crippen molar-refractivity contribution in [1.82, 2.24) is 9.62 Å². The Balaban J connectivity index is 1.49. The van der Waals surface area contributed by atoms with E-state index in [1.54, 1.807) is 11.8 Å². The quantitative estimate of drug-likeness (QED) is 0.626. The van der Waals surface area contributed by atoms with Crippen LogP contribution in [0.2, 0.25) is 0 Å². The smallest absolute Gasteiger partial charge is 0.307 e. The molecule has 1 amide bonds. The molecule has 31 heavy (non-hydrogen) atoms. The van der Waals surface area contributed by atoms with E-state index < -0.39 is 22.1 Å². The van der Waals surface area contributed by atoms with Gasteiger partial charge >= 0.3 is 5.97 Å². The zero-order chi connectivity index (χ0) is 22.6. The number of likely N-dealkylation sites (tertiary alicyclic amines) is 1. The minimum absolute atomic E-state index is 0.0155. The zero-order valence-electron chi connectivity index (χ0n) is 18.1. The highest BCUT2D eigenvalue weighted by molar-refractivity contribution is 7.89. The van der Waals surface area contributed by atoms with Crippen LogP contribution < -0.4 is 14.2 Å². The number of rotatable bonds is 7. The summed E-state index contributed by atoms with van der Waals surface area (Å²) >= 11 is 0. The first-order chi connectivity index (χ1) is 14.7. The highest BCUT2D eigenvalue weighted by Crippen LogP contribution is 2.32. The van der Waals surface area contributed by atoms with Gasteiger partial charge in [-0.1, -0.05) is 0 Å². The van der Waals surface area contributed by atoms with Crippen LogP contribution in [0.4, 0.5) is 0 Å². The second kappa shape index (κ2) is 9.86. The first-order valence-corrected chi connectivity index (χ1v) is 12.1. The number of hydrogen-bond donors (Lipinski definition) is 1. The third-order valence-corrected chi connectivity index (χ3v) is 7.01. The molecule has 2 aliphatic heterocycles. The molecular formula is C21H30N2O7S. The summed E-state index contributed by atoms with van der Waals surface area (Å²) in [6, 6.07) is 4.55. The Morgan fingerprint density at radius 2 is 1.81 bits per heavy atom. The highest BCUT2D eigenvalue weighted by Gasteiger charge is 2.33. The average Bonchev–Trinajstić information content (AvgIpc) is 2.73. The number of carbonyl (C=O) groups excluding carboxylic acids is 2. The lowest BCUT2D eigenvalue weighted by molar-refractivity contribution is -0.162. The maximum Gasteiger partial charge on any atom is 0.307 e. The fourth-order valence-electron chi connectivity index (χ4n) is 3.93. The van der Waals surface area contributed by atoms with E-state index in [4.69, 9.17) is 14.2 Å². The van der Waals surface area contributed by atoms with Crippen LogP contribution in [0.3, 0.4) is 0 Å². The molecule has 3 rings (SSSR count). The molecule has 9 nitrogen and oxygen atoms in total. The van der Waals surface area contributed by atoms with E-state index >= 15 is 0 Å². The minimum atomic E-state index is -3.83. The molecule has 2 heterocycles. The van der Waals surface area contributed by atoms with Crippen LogP contribution in [-0.2, 0) is 24.3 Å². The van der Waals surface area contributed by atoms with Crippen molar-refractivity contribution in [1.29, 1.82) is 0 Å². The van der Waals surface area contributed by atoms with Crippen molar-refractivity contribution in [2.24, 2.45) is 0 Å². The van der Waals surface area contributed by atoms with Crippen LogP contribution in [0.1, 0.15) is 46.5 Å². The molecule has 1 aromatic rings. The van der Waals surface area contributed by atoms with Gasteiger partial charge in [0.15, 0.2) is 17.6 Å². The molecule has 0 aromatic heterocycles. The molecule has 0 aliphatic carbocycles. The molecule has 10 heteroatoms. The lowest BCUT2D eigenvalue weighted by Crippen LogP contribution is -2.51. The Labute approximate surface area is 183 Å². The molecule has 0 spiro atoms. The largest absolute Gasteiger partial charge is 0.486 e. The SMILES string of the molecule is C[C@@H]1CCC[C@H](C)N1C(=O)[C@@H](C)OC(=O)CCNS(=O)(=O)c1ccc2c(c1)OCCO2. The average molecular weight is 455 g/mol. The third kappa shape index (κ3) is 5.68. The monoisotopic (exact) mass is 454 g/mol. The van der Waals surface area contributed by atoms with Crippen LogP contribution in [0, 0.1) is 0 Å². The van der Waals surface area contributed by atoms with Gasteiger partial charge in [0.2, 0.25) is 10.0 Å². The van der Waals surface area contributed by atoms with Gasteiger partial charge < -0.3 is 19.1 Å². The Kier molecular flexibility index (Phi) is 7.42. The van der Waals surface area contributed by atoms with Crippen molar-refractivity contribution < 1.29 is 32.2 Å². The van der Waals surface area contributed by atoms with E-state index in [-0.39, 0.29) is 35.9 Å². The lowest BCUT2D eigenvalue weighted by atomic mass is 9.97. The molecule has 0 unspecified atom stereocenters. The van der Waals surface area contributed by atoms with E-state index in [0.717, 1.165) is 19.3 Å². The van der Waals surface area contributed by atoms with E-state index in [2.05, 4.69) is 4.72 Å². The standard InChI is InChI=1S/C21H30N2O7S/c1-14-5-4-6-15(2)23(14)21(25)16(3)30-20(24)9-10-22-31(26,27)17-7-8-18-19(13-17)29-12-11-28-18/h7-8,13-16,22H,4-6,9-12H2,1-3H3/t14-,15+,16-/m1/s1. The number of benzene rings is 1. The van der Waals surface area contributed by atoms with E-state index in [0.29, 0.717) is 24.7 Å².